The minimum atomic E-state index is -0.614. The highest BCUT2D eigenvalue weighted by molar-refractivity contribution is 6.62. The summed E-state index contributed by atoms with van der Waals surface area (Å²) >= 11 is 0. The number of para-hydroxylation sites is 1. The topological polar surface area (TPSA) is 31.6 Å². The van der Waals surface area contributed by atoms with E-state index in [9.17, 15) is 0 Å². The molecule has 1 fully saturated rings. The van der Waals surface area contributed by atoms with Gasteiger partial charge in [-0.05, 0) is 100 Å². The first-order valence-corrected chi connectivity index (χ1v) is 19.1. The Kier molecular flexibility index (Phi) is 5.75. The molecule has 12 rings (SSSR count). The Hall–Kier alpha value is -5.68. The highest BCUT2D eigenvalue weighted by Crippen LogP contribution is 2.68. The monoisotopic (exact) mass is 696 g/mol. The lowest BCUT2D eigenvalue weighted by Crippen LogP contribution is -2.44. The Labute approximate surface area is 315 Å². The fourth-order valence-corrected chi connectivity index (χ4v) is 10.7. The van der Waals surface area contributed by atoms with E-state index in [-0.39, 0.29) is 0 Å². The molecule has 8 aromatic rings. The van der Waals surface area contributed by atoms with E-state index >= 15 is 0 Å². The van der Waals surface area contributed by atoms with Gasteiger partial charge in [0.2, 0.25) is 0 Å². The van der Waals surface area contributed by atoms with E-state index in [0.717, 1.165) is 38.5 Å². The normalized spacial score (nSPS) is 18.4. The molecule has 0 bridgehead atoms. The quantitative estimate of drug-likeness (QED) is 0.160. The lowest BCUT2D eigenvalue weighted by atomic mass is 9.52. The van der Waals surface area contributed by atoms with Crippen molar-refractivity contribution < 1.29 is 13.7 Å². The summed E-state index contributed by atoms with van der Waals surface area (Å²) in [5, 5.41) is 2.25. The summed E-state index contributed by atoms with van der Waals surface area (Å²) in [4.78, 5) is 0. The molecule has 54 heavy (non-hydrogen) atoms. The maximum Gasteiger partial charge on any atom is 0.494 e. The molecular weight excluding hydrogens is 659 g/mol. The number of benzene rings is 7. The molecule has 1 saturated heterocycles. The summed E-state index contributed by atoms with van der Waals surface area (Å²) in [7, 11) is -0.490. The van der Waals surface area contributed by atoms with Crippen LogP contribution in [0.4, 0.5) is 0 Å². The maximum absolute atomic E-state index is 6.92. The minimum Gasteiger partial charge on any atom is -0.455 e. The molecule has 7 aromatic carbocycles. The number of hydrogen-bond donors (Lipinski definition) is 0. The Bertz CT molecular complexity index is 2820. The van der Waals surface area contributed by atoms with Crippen LogP contribution in [0.5, 0.6) is 0 Å². The van der Waals surface area contributed by atoms with E-state index in [1.807, 2.05) is 0 Å². The van der Waals surface area contributed by atoms with Crippen molar-refractivity contribution in [1.82, 2.24) is 0 Å². The van der Waals surface area contributed by atoms with Crippen molar-refractivity contribution in [3.05, 3.63) is 196 Å². The Morgan fingerprint density at radius 1 is 0.407 bits per heavy atom. The zero-order valence-electron chi connectivity index (χ0n) is 30.7. The van der Waals surface area contributed by atoms with Crippen molar-refractivity contribution in [3.63, 3.8) is 0 Å². The van der Waals surface area contributed by atoms with Gasteiger partial charge >= 0.3 is 7.12 Å². The molecule has 0 saturated carbocycles. The second-order valence-corrected chi connectivity index (χ2v) is 16.5. The molecule has 0 N–H and O–H groups in total. The van der Waals surface area contributed by atoms with Crippen LogP contribution in [-0.4, -0.2) is 18.3 Å². The van der Waals surface area contributed by atoms with Crippen LogP contribution >= 0.6 is 0 Å². The van der Waals surface area contributed by atoms with Crippen LogP contribution in [0.25, 0.3) is 44.2 Å². The second kappa shape index (κ2) is 10.1. The third kappa shape index (κ3) is 3.44. The van der Waals surface area contributed by atoms with Crippen LogP contribution in [-0.2, 0) is 20.1 Å². The first-order chi connectivity index (χ1) is 26.3. The molecule has 0 unspecified atom stereocenters. The van der Waals surface area contributed by atoms with Crippen LogP contribution in [0.2, 0.25) is 0 Å². The van der Waals surface area contributed by atoms with Crippen molar-refractivity contribution in [2.75, 3.05) is 0 Å². The molecule has 258 valence electrons. The average Bonchev–Trinajstić information content (AvgIpc) is 3.87. The molecule has 1 aromatic heterocycles. The van der Waals surface area contributed by atoms with E-state index in [0.29, 0.717) is 0 Å². The van der Waals surface area contributed by atoms with Gasteiger partial charge in [-0.25, -0.2) is 0 Å². The van der Waals surface area contributed by atoms with Gasteiger partial charge in [0.1, 0.15) is 11.2 Å². The van der Waals surface area contributed by atoms with Gasteiger partial charge in [-0.2, -0.15) is 0 Å². The summed E-state index contributed by atoms with van der Waals surface area (Å²) < 4.78 is 20.3. The van der Waals surface area contributed by atoms with Gasteiger partial charge in [-0.1, -0.05) is 146 Å². The van der Waals surface area contributed by atoms with Crippen LogP contribution in [0, 0.1) is 0 Å². The van der Waals surface area contributed by atoms with Gasteiger partial charge in [0.05, 0.1) is 22.0 Å². The molecule has 4 heteroatoms. The summed E-state index contributed by atoms with van der Waals surface area (Å²) in [5.74, 6) is 0. The minimum absolute atomic E-state index is 0.453. The first kappa shape index (κ1) is 30.8. The maximum atomic E-state index is 6.92. The molecular formula is C50H37BO3. The highest BCUT2D eigenvalue weighted by Gasteiger charge is 2.60. The van der Waals surface area contributed by atoms with E-state index in [4.69, 9.17) is 13.7 Å². The second-order valence-electron chi connectivity index (χ2n) is 16.5. The standard InChI is InChI=1S/C50H37BO3/c1-47(2)48(3,4)54-51(53-47)30-25-27-38-35(29-30)45-43(28-26-34-33-17-7-14-24-44(33)52-46(34)45)50(38)41-22-12-10-20-39(41)49(40-21-11-13-23-42(40)50)36-18-8-5-15-31(36)32-16-6-9-19-37(32)49/h5-29H,1-4H3. The molecule has 3 aliphatic carbocycles. The fraction of sp³-hybridized carbons (Fsp3) is 0.160. The predicted octanol–water partition coefficient (Wildman–Crippen LogP) is 10.9. The van der Waals surface area contributed by atoms with E-state index in [1.54, 1.807) is 0 Å². The smallest absolute Gasteiger partial charge is 0.455 e. The van der Waals surface area contributed by atoms with Gasteiger partial charge in [0.25, 0.3) is 0 Å². The molecule has 1 aliphatic heterocycles. The van der Waals surface area contributed by atoms with Crippen LogP contribution in [0.15, 0.2) is 156 Å². The fourth-order valence-electron chi connectivity index (χ4n) is 10.7. The summed E-state index contributed by atoms with van der Waals surface area (Å²) in [6.07, 6.45) is 0. The van der Waals surface area contributed by atoms with Crippen molar-refractivity contribution in [3.8, 4) is 22.3 Å². The van der Waals surface area contributed by atoms with E-state index < -0.39 is 29.2 Å². The predicted molar refractivity (Wildman–Crippen MR) is 218 cm³/mol. The summed E-state index contributed by atoms with van der Waals surface area (Å²) in [6.45, 7) is 8.47. The van der Waals surface area contributed by atoms with Crippen molar-refractivity contribution in [2.24, 2.45) is 0 Å². The van der Waals surface area contributed by atoms with Crippen molar-refractivity contribution in [2.45, 2.75) is 49.7 Å². The molecule has 2 heterocycles. The lowest BCUT2D eigenvalue weighted by molar-refractivity contribution is 0.00578. The van der Waals surface area contributed by atoms with Gasteiger partial charge < -0.3 is 13.7 Å². The zero-order chi connectivity index (χ0) is 36.2. The summed E-state index contributed by atoms with van der Waals surface area (Å²) in [5.41, 5.74) is 16.1. The Morgan fingerprint density at radius 2 is 0.870 bits per heavy atom. The van der Waals surface area contributed by atoms with Gasteiger partial charge in [-0.15, -0.1) is 0 Å². The third-order valence-electron chi connectivity index (χ3n) is 13.6. The first-order valence-electron chi connectivity index (χ1n) is 19.1. The van der Waals surface area contributed by atoms with Crippen molar-refractivity contribution in [1.29, 1.82) is 0 Å². The number of fused-ring (bicyclic) bond motifs is 20. The summed E-state index contributed by atoms with van der Waals surface area (Å²) in [6, 6.07) is 56.5. The van der Waals surface area contributed by atoms with E-state index in [2.05, 4.69) is 179 Å². The average molecular weight is 697 g/mol. The third-order valence-corrected chi connectivity index (χ3v) is 13.6. The van der Waals surface area contributed by atoms with E-state index in [1.165, 1.54) is 55.6 Å². The Balaban J connectivity index is 1.23. The number of rotatable bonds is 1. The highest BCUT2D eigenvalue weighted by atomic mass is 16.7. The largest absolute Gasteiger partial charge is 0.494 e. The van der Waals surface area contributed by atoms with Gasteiger partial charge in [-0.3, -0.25) is 0 Å². The molecule has 2 spiro atoms. The molecule has 0 radical (unpaired) electrons. The number of hydrogen-bond acceptors (Lipinski definition) is 3. The SMILES string of the molecule is CC1(C)OB(c2ccc3c(c2)-c2c(ccc4c2oc2ccccc24)C32c3ccccc3C3(c4ccccc4-c4ccccc43)c3ccccc32)OC1(C)C. The molecule has 3 nitrogen and oxygen atoms in total. The van der Waals surface area contributed by atoms with Gasteiger partial charge in [0, 0.05) is 16.3 Å². The van der Waals surface area contributed by atoms with Crippen molar-refractivity contribution >= 4 is 34.5 Å². The Morgan fingerprint density at radius 3 is 1.46 bits per heavy atom. The number of furan rings is 1. The van der Waals surface area contributed by atoms with Gasteiger partial charge in [0.15, 0.2) is 0 Å². The van der Waals surface area contributed by atoms with Crippen LogP contribution in [0.3, 0.4) is 0 Å². The zero-order valence-corrected chi connectivity index (χ0v) is 30.7. The molecule has 4 aliphatic rings. The molecule has 0 atom stereocenters. The lowest BCUT2D eigenvalue weighted by Gasteiger charge is -2.48. The van der Waals surface area contributed by atoms with Crippen LogP contribution < -0.4 is 5.46 Å². The van der Waals surface area contributed by atoms with Crippen LogP contribution in [0.1, 0.15) is 72.2 Å². The molecule has 0 amide bonds.